The van der Waals surface area contributed by atoms with Gasteiger partial charge in [0.25, 0.3) is 0 Å². The van der Waals surface area contributed by atoms with Crippen molar-refractivity contribution in [3.05, 3.63) is 89.5 Å². The first-order chi connectivity index (χ1) is 14.2. The molecule has 1 N–H and O–H groups in total. The first-order valence-electron chi connectivity index (χ1n) is 10.9. The number of aromatic hydroxyl groups is 1. The molecule has 0 heterocycles. The topological polar surface area (TPSA) is 23.5 Å². The van der Waals surface area contributed by atoms with Crippen molar-refractivity contribution in [1.29, 1.82) is 0 Å². The van der Waals surface area contributed by atoms with Crippen LogP contribution in [0.1, 0.15) is 36.5 Å². The molecule has 0 spiro atoms. The minimum atomic E-state index is 0.472. The second kappa shape index (κ2) is 9.28. The zero-order valence-corrected chi connectivity index (χ0v) is 17.3. The molecule has 3 aromatic carbocycles. The summed E-state index contributed by atoms with van der Waals surface area (Å²) in [5.41, 5.74) is 6.43. The van der Waals surface area contributed by atoms with Gasteiger partial charge in [-0.2, -0.15) is 0 Å². The average Bonchev–Trinajstić information content (AvgIpc) is 2.78. The molecule has 0 fully saturated rings. The second-order valence-electron chi connectivity index (χ2n) is 8.16. The summed E-state index contributed by atoms with van der Waals surface area (Å²) >= 11 is 0. The third kappa shape index (κ3) is 4.71. The van der Waals surface area contributed by atoms with Crippen molar-refractivity contribution in [3.63, 3.8) is 0 Å². The van der Waals surface area contributed by atoms with Gasteiger partial charge in [0.1, 0.15) is 5.75 Å². The first kappa shape index (κ1) is 19.7. The molecule has 3 aromatic rings. The number of benzene rings is 3. The quantitative estimate of drug-likeness (QED) is 0.550. The van der Waals surface area contributed by atoms with Crippen molar-refractivity contribution in [2.75, 3.05) is 13.1 Å². The molecular weight excluding hydrogens is 354 g/mol. The van der Waals surface area contributed by atoms with E-state index in [1.165, 1.54) is 28.7 Å². The van der Waals surface area contributed by atoms with Crippen molar-refractivity contribution >= 4 is 0 Å². The molecule has 1 aliphatic rings. The fourth-order valence-electron chi connectivity index (χ4n) is 4.59. The summed E-state index contributed by atoms with van der Waals surface area (Å²) in [7, 11) is 0. The normalized spacial score (nSPS) is 16.0. The van der Waals surface area contributed by atoms with Gasteiger partial charge in [-0.05, 0) is 72.5 Å². The van der Waals surface area contributed by atoms with Gasteiger partial charge in [-0.3, -0.25) is 4.90 Å². The van der Waals surface area contributed by atoms with Gasteiger partial charge in [0.05, 0.1) is 0 Å². The highest BCUT2D eigenvalue weighted by Gasteiger charge is 2.25. The molecule has 2 heteroatoms. The van der Waals surface area contributed by atoms with E-state index >= 15 is 0 Å². The Morgan fingerprint density at radius 3 is 2.38 bits per heavy atom. The van der Waals surface area contributed by atoms with Crippen LogP contribution in [0.15, 0.2) is 72.8 Å². The van der Waals surface area contributed by atoms with Crippen molar-refractivity contribution < 1.29 is 5.11 Å². The van der Waals surface area contributed by atoms with Gasteiger partial charge < -0.3 is 5.11 Å². The Kier molecular flexibility index (Phi) is 6.31. The average molecular weight is 386 g/mol. The largest absolute Gasteiger partial charge is 0.508 e. The lowest BCUT2D eigenvalue weighted by atomic mass is 9.86. The van der Waals surface area contributed by atoms with E-state index in [0.717, 1.165) is 44.3 Å². The Bertz CT molecular complexity index is 917. The third-order valence-corrected chi connectivity index (χ3v) is 6.21. The zero-order chi connectivity index (χ0) is 20.1. The van der Waals surface area contributed by atoms with Gasteiger partial charge in [0.15, 0.2) is 0 Å². The van der Waals surface area contributed by atoms with E-state index in [9.17, 15) is 5.11 Å². The van der Waals surface area contributed by atoms with Crippen LogP contribution in [0.2, 0.25) is 0 Å². The van der Waals surface area contributed by atoms with Crippen LogP contribution in [0.4, 0.5) is 0 Å². The van der Waals surface area contributed by atoms with Crippen LogP contribution < -0.4 is 0 Å². The molecule has 0 saturated carbocycles. The molecule has 1 aliphatic carbocycles. The Morgan fingerprint density at radius 1 is 0.862 bits per heavy atom. The van der Waals surface area contributed by atoms with Crippen molar-refractivity contribution in [2.45, 2.75) is 45.1 Å². The summed E-state index contributed by atoms with van der Waals surface area (Å²) in [6, 6.07) is 26.1. The Morgan fingerprint density at radius 2 is 1.62 bits per heavy atom. The molecule has 0 aliphatic heterocycles. The Balaban J connectivity index is 1.41. The lowest BCUT2D eigenvalue weighted by Gasteiger charge is -2.35. The van der Waals surface area contributed by atoms with Crippen LogP contribution >= 0.6 is 0 Å². The fraction of sp³-hybridized carbons (Fsp3) is 0.333. The maximum Gasteiger partial charge on any atom is 0.119 e. The van der Waals surface area contributed by atoms with E-state index in [2.05, 4.69) is 72.5 Å². The van der Waals surface area contributed by atoms with E-state index in [1.807, 2.05) is 12.1 Å². The molecule has 150 valence electrons. The Hall–Kier alpha value is -2.58. The summed E-state index contributed by atoms with van der Waals surface area (Å²) in [6.07, 6.45) is 5.45. The van der Waals surface area contributed by atoms with Crippen LogP contribution in [0.25, 0.3) is 11.1 Å². The number of nitrogens with zero attached hydrogens (tertiary/aromatic N) is 1. The second-order valence-corrected chi connectivity index (χ2v) is 8.16. The van der Waals surface area contributed by atoms with Crippen molar-refractivity contribution in [2.24, 2.45) is 0 Å². The molecule has 0 radical (unpaired) electrons. The zero-order valence-electron chi connectivity index (χ0n) is 17.3. The standard InChI is InChI=1S/C27H31NO/c1-2-18-28(25-16-15-24-9-6-10-27(29)26(24)20-25)19-17-21-11-13-23(14-12-21)22-7-4-3-5-8-22/h3-14,25,29H,2,15-20H2,1H3. The highest BCUT2D eigenvalue weighted by atomic mass is 16.3. The number of fused-ring (bicyclic) bond motifs is 1. The van der Waals surface area contributed by atoms with Crippen LogP contribution in [-0.2, 0) is 19.3 Å². The Labute approximate surface area is 174 Å². The number of phenols is 1. The predicted octanol–water partition coefficient (Wildman–Crippen LogP) is 5.87. The maximum absolute atomic E-state index is 10.3. The van der Waals surface area contributed by atoms with Gasteiger partial charge in [0.2, 0.25) is 0 Å². The van der Waals surface area contributed by atoms with Crippen LogP contribution in [0, 0.1) is 0 Å². The highest BCUT2D eigenvalue weighted by molar-refractivity contribution is 5.63. The molecule has 4 rings (SSSR count). The van der Waals surface area contributed by atoms with E-state index in [0.29, 0.717) is 11.8 Å². The molecule has 1 unspecified atom stereocenters. The third-order valence-electron chi connectivity index (χ3n) is 6.21. The van der Waals surface area contributed by atoms with Gasteiger partial charge in [0, 0.05) is 12.6 Å². The number of phenolic OH excluding ortho intramolecular Hbond substituents is 1. The molecule has 0 aromatic heterocycles. The molecule has 0 amide bonds. The highest BCUT2D eigenvalue weighted by Crippen LogP contribution is 2.31. The number of aryl methyl sites for hydroxylation is 1. The van der Waals surface area contributed by atoms with Crippen molar-refractivity contribution in [1.82, 2.24) is 4.90 Å². The minimum absolute atomic E-state index is 0.472. The van der Waals surface area contributed by atoms with Gasteiger partial charge in [-0.1, -0.05) is 73.7 Å². The molecule has 29 heavy (non-hydrogen) atoms. The van der Waals surface area contributed by atoms with E-state index in [1.54, 1.807) is 0 Å². The summed E-state index contributed by atoms with van der Waals surface area (Å²) in [4.78, 5) is 2.64. The smallest absolute Gasteiger partial charge is 0.119 e. The molecule has 2 nitrogen and oxygen atoms in total. The van der Waals surface area contributed by atoms with E-state index in [4.69, 9.17) is 0 Å². The van der Waals surface area contributed by atoms with Crippen LogP contribution in [0.5, 0.6) is 5.75 Å². The fourth-order valence-corrected chi connectivity index (χ4v) is 4.59. The van der Waals surface area contributed by atoms with E-state index in [-0.39, 0.29) is 0 Å². The van der Waals surface area contributed by atoms with Gasteiger partial charge in [-0.25, -0.2) is 0 Å². The van der Waals surface area contributed by atoms with Gasteiger partial charge in [-0.15, -0.1) is 0 Å². The summed E-state index contributed by atoms with van der Waals surface area (Å²) in [5, 5.41) is 10.3. The summed E-state index contributed by atoms with van der Waals surface area (Å²) in [6.45, 7) is 4.46. The lowest BCUT2D eigenvalue weighted by Crippen LogP contribution is -2.41. The number of rotatable bonds is 7. The molecule has 1 atom stereocenters. The SMILES string of the molecule is CCCN(CCc1ccc(-c2ccccc2)cc1)C1CCc2cccc(O)c2C1. The van der Waals surface area contributed by atoms with Crippen LogP contribution in [0.3, 0.4) is 0 Å². The monoisotopic (exact) mass is 385 g/mol. The minimum Gasteiger partial charge on any atom is -0.508 e. The predicted molar refractivity (Wildman–Crippen MR) is 121 cm³/mol. The molecule has 0 bridgehead atoms. The maximum atomic E-state index is 10.3. The number of hydrogen-bond acceptors (Lipinski definition) is 2. The van der Waals surface area contributed by atoms with E-state index < -0.39 is 0 Å². The summed E-state index contributed by atoms with van der Waals surface area (Å²) in [5.74, 6) is 0.472. The van der Waals surface area contributed by atoms with Crippen LogP contribution in [-0.4, -0.2) is 29.1 Å². The summed E-state index contributed by atoms with van der Waals surface area (Å²) < 4.78 is 0. The van der Waals surface area contributed by atoms with Gasteiger partial charge >= 0.3 is 0 Å². The molecular formula is C27H31NO. The molecule has 0 saturated heterocycles. The van der Waals surface area contributed by atoms with Crippen molar-refractivity contribution in [3.8, 4) is 16.9 Å². The lowest BCUT2D eigenvalue weighted by molar-refractivity contribution is 0.180. The first-order valence-corrected chi connectivity index (χ1v) is 10.9. The number of hydrogen-bond donors (Lipinski definition) is 1.